The van der Waals surface area contributed by atoms with Gasteiger partial charge in [-0.05, 0) is 27.7 Å². The van der Waals surface area contributed by atoms with E-state index in [1.54, 1.807) is 6.92 Å². The molecule has 0 rings (SSSR count). The van der Waals surface area contributed by atoms with Crippen molar-refractivity contribution in [2.45, 2.75) is 39.7 Å². The highest BCUT2D eigenvalue weighted by Gasteiger charge is 2.13. The molecule has 0 bridgehead atoms. The van der Waals surface area contributed by atoms with Crippen LogP contribution in [0.15, 0.2) is 0 Å². The Morgan fingerprint density at radius 2 is 2.08 bits per heavy atom. The molecule has 74 valence electrons. The van der Waals surface area contributed by atoms with E-state index in [1.807, 2.05) is 20.8 Å². The monoisotopic (exact) mass is 183 g/mol. The van der Waals surface area contributed by atoms with Gasteiger partial charge in [-0.15, -0.1) is 11.8 Å². The zero-order valence-electron chi connectivity index (χ0n) is 8.73. The largest absolute Gasteiger partial charge is 0.449 e. The molecule has 0 spiro atoms. The molecule has 0 aliphatic carbocycles. The van der Waals surface area contributed by atoms with Crippen LogP contribution in [-0.4, -0.2) is 18.2 Å². The molecule has 0 saturated heterocycles. The minimum absolute atomic E-state index is 0.243. The Morgan fingerprint density at radius 1 is 1.46 bits per heavy atom. The van der Waals surface area contributed by atoms with Crippen LogP contribution in [0.3, 0.4) is 0 Å². The maximum absolute atomic E-state index is 11.0. The Morgan fingerprint density at radius 3 is 2.54 bits per heavy atom. The third kappa shape index (κ3) is 8.74. The van der Waals surface area contributed by atoms with Crippen LogP contribution >= 0.6 is 0 Å². The first-order valence-electron chi connectivity index (χ1n) is 4.30. The van der Waals surface area contributed by atoms with E-state index in [-0.39, 0.29) is 11.6 Å². The van der Waals surface area contributed by atoms with Gasteiger partial charge in [0.25, 0.3) is 0 Å². The lowest BCUT2D eigenvalue weighted by atomic mass is 10.1. The van der Waals surface area contributed by atoms with Crippen LogP contribution in [0.4, 0.5) is 4.79 Å². The fraction of sp³-hybridized carbons (Fsp3) is 0.700. The SMILES string of the molecule is CC#CCCOC(=O)NC(C)(C)C. The van der Waals surface area contributed by atoms with Crippen molar-refractivity contribution in [2.75, 3.05) is 6.61 Å². The summed E-state index contributed by atoms with van der Waals surface area (Å²) in [6.07, 6.45) is 0.207. The van der Waals surface area contributed by atoms with Gasteiger partial charge in [0, 0.05) is 12.0 Å². The maximum atomic E-state index is 11.0. The lowest BCUT2D eigenvalue weighted by Gasteiger charge is -2.19. The van der Waals surface area contributed by atoms with Crippen molar-refractivity contribution in [3.8, 4) is 11.8 Å². The van der Waals surface area contributed by atoms with E-state index in [1.165, 1.54) is 0 Å². The van der Waals surface area contributed by atoms with Crippen molar-refractivity contribution in [3.63, 3.8) is 0 Å². The van der Waals surface area contributed by atoms with Crippen LogP contribution in [0.25, 0.3) is 0 Å². The Balaban J connectivity index is 3.56. The highest BCUT2D eigenvalue weighted by atomic mass is 16.5. The van der Waals surface area contributed by atoms with Gasteiger partial charge in [-0.25, -0.2) is 4.79 Å². The van der Waals surface area contributed by atoms with Crippen molar-refractivity contribution in [1.82, 2.24) is 5.32 Å². The van der Waals surface area contributed by atoms with Crippen LogP contribution < -0.4 is 5.32 Å². The van der Waals surface area contributed by atoms with Gasteiger partial charge in [0.2, 0.25) is 0 Å². The summed E-state index contributed by atoms with van der Waals surface area (Å²) in [6, 6.07) is 0. The van der Waals surface area contributed by atoms with Gasteiger partial charge < -0.3 is 10.1 Å². The molecule has 13 heavy (non-hydrogen) atoms. The summed E-state index contributed by atoms with van der Waals surface area (Å²) >= 11 is 0. The van der Waals surface area contributed by atoms with Crippen molar-refractivity contribution in [3.05, 3.63) is 0 Å². The summed E-state index contributed by atoms with van der Waals surface area (Å²) in [5, 5.41) is 2.69. The van der Waals surface area contributed by atoms with Crippen LogP contribution in [-0.2, 0) is 4.74 Å². The summed E-state index contributed by atoms with van der Waals surface area (Å²) in [5.41, 5.74) is -0.243. The Bertz CT molecular complexity index is 217. The third-order valence-corrected chi connectivity index (χ3v) is 1.11. The zero-order valence-corrected chi connectivity index (χ0v) is 8.73. The number of amides is 1. The third-order valence-electron chi connectivity index (χ3n) is 1.11. The number of alkyl carbamates (subject to hydrolysis) is 1. The predicted molar refractivity (Wildman–Crippen MR) is 52.3 cm³/mol. The Kier molecular flexibility index (Phi) is 4.98. The van der Waals surface area contributed by atoms with E-state index in [9.17, 15) is 4.79 Å². The normalized spacial score (nSPS) is 9.85. The van der Waals surface area contributed by atoms with Crippen LogP contribution in [0.2, 0.25) is 0 Å². The smallest absolute Gasteiger partial charge is 0.407 e. The van der Waals surface area contributed by atoms with E-state index in [4.69, 9.17) is 4.74 Å². The molecule has 0 unspecified atom stereocenters. The molecule has 0 saturated carbocycles. The van der Waals surface area contributed by atoms with E-state index in [0.29, 0.717) is 13.0 Å². The topological polar surface area (TPSA) is 38.3 Å². The van der Waals surface area contributed by atoms with Gasteiger partial charge in [-0.2, -0.15) is 0 Å². The molecule has 0 heterocycles. The first-order valence-corrected chi connectivity index (χ1v) is 4.30. The molecule has 0 aromatic heterocycles. The fourth-order valence-electron chi connectivity index (χ4n) is 0.662. The lowest BCUT2D eigenvalue weighted by molar-refractivity contribution is 0.140. The molecular formula is C10H17NO2. The Labute approximate surface area is 79.8 Å². The van der Waals surface area contributed by atoms with Gasteiger partial charge in [0.05, 0.1) is 0 Å². The van der Waals surface area contributed by atoms with Crippen LogP contribution in [0.5, 0.6) is 0 Å². The van der Waals surface area contributed by atoms with Crippen molar-refractivity contribution in [1.29, 1.82) is 0 Å². The van der Waals surface area contributed by atoms with Gasteiger partial charge >= 0.3 is 6.09 Å². The Hall–Kier alpha value is -1.17. The minimum atomic E-state index is -0.384. The number of hydrogen-bond donors (Lipinski definition) is 1. The second-order valence-corrected chi connectivity index (χ2v) is 3.69. The van der Waals surface area contributed by atoms with Crippen LogP contribution in [0, 0.1) is 11.8 Å². The molecule has 0 aromatic carbocycles. The maximum Gasteiger partial charge on any atom is 0.407 e. The molecular weight excluding hydrogens is 166 g/mol. The average molecular weight is 183 g/mol. The number of nitrogens with one attached hydrogen (secondary N) is 1. The second kappa shape index (κ2) is 5.47. The summed E-state index contributed by atoms with van der Waals surface area (Å²) < 4.78 is 4.87. The first kappa shape index (κ1) is 11.8. The number of hydrogen-bond acceptors (Lipinski definition) is 2. The highest BCUT2D eigenvalue weighted by Crippen LogP contribution is 1.98. The quantitative estimate of drug-likeness (QED) is 0.524. The first-order chi connectivity index (χ1) is 5.95. The zero-order chi connectivity index (χ0) is 10.3. The standard InChI is InChI=1S/C10H17NO2/c1-5-6-7-8-13-9(12)11-10(2,3)4/h7-8H2,1-4H3,(H,11,12). The fourth-order valence-corrected chi connectivity index (χ4v) is 0.662. The second-order valence-electron chi connectivity index (χ2n) is 3.69. The van der Waals surface area contributed by atoms with Gasteiger partial charge in [-0.1, -0.05) is 0 Å². The summed E-state index contributed by atoms with van der Waals surface area (Å²) in [4.78, 5) is 11.0. The highest BCUT2D eigenvalue weighted by molar-refractivity contribution is 5.68. The summed E-state index contributed by atoms with van der Waals surface area (Å²) in [6.45, 7) is 7.82. The number of carbonyl (C=O) groups is 1. The summed E-state index contributed by atoms with van der Waals surface area (Å²) in [7, 11) is 0. The molecule has 3 nitrogen and oxygen atoms in total. The molecule has 0 aliphatic rings. The molecule has 0 atom stereocenters. The van der Waals surface area contributed by atoms with E-state index in [2.05, 4.69) is 17.2 Å². The predicted octanol–water partition coefficient (Wildman–Crippen LogP) is 1.92. The molecule has 0 fully saturated rings. The van der Waals surface area contributed by atoms with E-state index >= 15 is 0 Å². The van der Waals surface area contributed by atoms with Crippen molar-refractivity contribution >= 4 is 6.09 Å². The minimum Gasteiger partial charge on any atom is -0.449 e. The molecule has 1 N–H and O–H groups in total. The van der Waals surface area contributed by atoms with Gasteiger partial charge in [-0.3, -0.25) is 0 Å². The molecule has 1 amide bonds. The van der Waals surface area contributed by atoms with Crippen LogP contribution in [0.1, 0.15) is 34.1 Å². The average Bonchev–Trinajstić information content (AvgIpc) is 1.94. The molecule has 0 radical (unpaired) electrons. The number of carbonyl (C=O) groups excluding carboxylic acids is 1. The van der Waals surface area contributed by atoms with Crippen molar-refractivity contribution < 1.29 is 9.53 Å². The van der Waals surface area contributed by atoms with Crippen molar-refractivity contribution in [2.24, 2.45) is 0 Å². The van der Waals surface area contributed by atoms with E-state index in [0.717, 1.165) is 0 Å². The molecule has 3 heteroatoms. The number of rotatable bonds is 2. The molecule has 0 aromatic rings. The molecule has 0 aliphatic heterocycles. The van der Waals surface area contributed by atoms with E-state index < -0.39 is 0 Å². The summed E-state index contributed by atoms with van der Waals surface area (Å²) in [5.74, 6) is 5.54. The van der Waals surface area contributed by atoms with Gasteiger partial charge in [0.15, 0.2) is 0 Å². The van der Waals surface area contributed by atoms with Gasteiger partial charge in [0.1, 0.15) is 6.61 Å². The lowest BCUT2D eigenvalue weighted by Crippen LogP contribution is -2.41. The number of ether oxygens (including phenoxy) is 1.